The molecule has 1 heterocycles. The van der Waals surface area contributed by atoms with E-state index in [1.54, 1.807) is 19.1 Å². The minimum atomic E-state index is -0.492. The molecular weight excluding hydrogens is 355 g/mol. The van der Waals surface area contributed by atoms with E-state index in [0.717, 1.165) is 0 Å². The topological polar surface area (TPSA) is 64.8 Å². The number of nitrogen functional groups attached to an aromatic ring is 1. The fourth-order valence-corrected chi connectivity index (χ4v) is 2.05. The molecule has 8 heteroatoms. The maximum absolute atomic E-state index is 12.2. The van der Waals surface area contributed by atoms with Crippen molar-refractivity contribution in [2.24, 2.45) is 0 Å². The Morgan fingerprint density at radius 2 is 2.16 bits per heavy atom. The normalized spacial score (nSPS) is 11.7. The number of aromatic nitrogens is 3. The van der Waals surface area contributed by atoms with Crippen LogP contribution in [0.25, 0.3) is 0 Å². The van der Waals surface area contributed by atoms with Crippen LogP contribution in [0.4, 0.5) is 0 Å². The first-order valence-corrected chi connectivity index (χ1v) is 5.94. The summed E-state index contributed by atoms with van der Waals surface area (Å²) in [6.07, 6.45) is 2.93. The largest absolute Gasteiger partial charge is 1.00 e. The van der Waals surface area contributed by atoms with Gasteiger partial charge in [-0.15, -0.1) is 9.36 Å². The van der Waals surface area contributed by atoms with Crippen molar-refractivity contribution in [3.05, 3.63) is 46.5 Å². The lowest BCUT2D eigenvalue weighted by Gasteiger charge is -2.07. The molecule has 0 fully saturated rings. The minimum Gasteiger partial charge on any atom is -1.00 e. The SMILES string of the molecule is CC(C(=O)c1ccc(Cl)cc1Cl)n1c[n+](N)cn1.[Br-]. The molecule has 19 heavy (non-hydrogen) atoms. The molecular formula is C11H11BrCl2N4O. The highest BCUT2D eigenvalue weighted by Crippen LogP contribution is 2.24. The van der Waals surface area contributed by atoms with Gasteiger partial charge in [0.1, 0.15) is 0 Å². The zero-order valence-corrected chi connectivity index (χ0v) is 13.0. The highest BCUT2D eigenvalue weighted by atomic mass is 79.9. The summed E-state index contributed by atoms with van der Waals surface area (Å²) in [6.45, 7) is 1.72. The quantitative estimate of drug-likeness (QED) is 0.415. The monoisotopic (exact) mass is 364 g/mol. The summed E-state index contributed by atoms with van der Waals surface area (Å²) in [5, 5.41) is 4.79. The van der Waals surface area contributed by atoms with E-state index in [1.807, 2.05) is 0 Å². The van der Waals surface area contributed by atoms with Crippen LogP contribution in [0.1, 0.15) is 23.3 Å². The van der Waals surface area contributed by atoms with E-state index in [2.05, 4.69) is 5.10 Å². The first-order valence-electron chi connectivity index (χ1n) is 5.19. The smallest absolute Gasteiger partial charge is 0.286 e. The number of benzene rings is 1. The van der Waals surface area contributed by atoms with Gasteiger partial charge in [-0.3, -0.25) is 10.6 Å². The summed E-state index contributed by atoms with van der Waals surface area (Å²) >= 11 is 11.8. The van der Waals surface area contributed by atoms with Gasteiger partial charge in [-0.2, -0.15) is 0 Å². The summed E-state index contributed by atoms with van der Waals surface area (Å²) in [5.41, 5.74) is 0.410. The Bertz CT molecular complexity index is 602. The second-order valence-electron chi connectivity index (χ2n) is 3.84. The number of hydrogen-bond acceptors (Lipinski definition) is 3. The van der Waals surface area contributed by atoms with Crippen LogP contribution in [0, 0.1) is 0 Å². The number of nitrogens with zero attached hydrogens (tertiary/aromatic N) is 3. The Hall–Kier alpha value is -1.11. The molecule has 2 N–H and O–H groups in total. The van der Waals surface area contributed by atoms with Crippen molar-refractivity contribution in [3.63, 3.8) is 0 Å². The molecule has 0 aliphatic carbocycles. The molecule has 0 aliphatic heterocycles. The molecule has 0 saturated carbocycles. The molecule has 0 amide bonds. The van der Waals surface area contributed by atoms with Crippen LogP contribution >= 0.6 is 23.2 Å². The van der Waals surface area contributed by atoms with Gasteiger partial charge in [-0.1, -0.05) is 23.2 Å². The van der Waals surface area contributed by atoms with E-state index in [-0.39, 0.29) is 22.8 Å². The first kappa shape index (κ1) is 15.9. The molecule has 0 aliphatic rings. The molecule has 1 unspecified atom stereocenters. The Labute approximate surface area is 130 Å². The van der Waals surface area contributed by atoms with Crippen LogP contribution in [0.5, 0.6) is 0 Å². The van der Waals surface area contributed by atoms with Gasteiger partial charge in [0.05, 0.1) is 5.02 Å². The molecule has 1 aromatic carbocycles. The summed E-state index contributed by atoms with van der Waals surface area (Å²) in [6, 6.07) is 4.27. The lowest BCUT2D eigenvalue weighted by Crippen LogP contribution is -3.00. The lowest BCUT2D eigenvalue weighted by atomic mass is 10.1. The minimum absolute atomic E-state index is 0. The molecule has 0 radical (unpaired) electrons. The highest BCUT2D eigenvalue weighted by Gasteiger charge is 2.24. The Kier molecular flexibility index (Phi) is 5.34. The summed E-state index contributed by atoms with van der Waals surface area (Å²) in [5.74, 6) is 5.33. The highest BCUT2D eigenvalue weighted by molar-refractivity contribution is 6.36. The van der Waals surface area contributed by atoms with Gasteiger partial charge < -0.3 is 17.0 Å². The predicted octanol–water partition coefficient (Wildman–Crippen LogP) is -1.36. The van der Waals surface area contributed by atoms with Crippen molar-refractivity contribution in [2.45, 2.75) is 13.0 Å². The fourth-order valence-electron chi connectivity index (χ4n) is 1.55. The van der Waals surface area contributed by atoms with Crippen molar-refractivity contribution < 1.29 is 26.5 Å². The van der Waals surface area contributed by atoms with Gasteiger partial charge in [0.15, 0.2) is 6.04 Å². The number of nitrogens with two attached hydrogens (primary N) is 1. The zero-order valence-electron chi connectivity index (χ0n) is 9.93. The first-order chi connectivity index (χ1) is 8.49. The van der Waals surface area contributed by atoms with Gasteiger partial charge >= 0.3 is 0 Å². The summed E-state index contributed by atoms with van der Waals surface area (Å²) in [7, 11) is 0. The van der Waals surface area contributed by atoms with Crippen LogP contribution in [-0.2, 0) is 0 Å². The van der Waals surface area contributed by atoms with Gasteiger partial charge in [0.2, 0.25) is 12.1 Å². The third-order valence-electron chi connectivity index (χ3n) is 2.54. The number of rotatable bonds is 3. The lowest BCUT2D eigenvalue weighted by molar-refractivity contribution is -0.639. The Morgan fingerprint density at radius 1 is 1.47 bits per heavy atom. The van der Waals surface area contributed by atoms with E-state index >= 15 is 0 Å². The van der Waals surface area contributed by atoms with Gasteiger partial charge in [-0.25, -0.2) is 0 Å². The van der Waals surface area contributed by atoms with Gasteiger partial charge in [-0.05, 0) is 25.1 Å². The Balaban J connectivity index is 0.00000180. The van der Waals surface area contributed by atoms with Crippen LogP contribution in [0.15, 0.2) is 30.9 Å². The van der Waals surface area contributed by atoms with Crippen LogP contribution in [0.2, 0.25) is 10.0 Å². The molecule has 2 aromatic rings. The third kappa shape index (κ3) is 3.46. The molecule has 0 spiro atoms. The zero-order chi connectivity index (χ0) is 13.3. The maximum Gasteiger partial charge on any atom is 0.286 e. The van der Waals surface area contributed by atoms with Gasteiger partial charge in [0, 0.05) is 15.7 Å². The standard InChI is InChI=1S/C11H11Cl2N4O.BrH/c1-7(17-6-16(14)5-15-17)11(18)9-3-2-8(12)4-10(9)13;/h2-7H,14H2,1H3;1H/q+1;/p-1. The number of carbonyl (C=O) groups excluding carboxylic acids is 1. The molecule has 102 valence electrons. The number of hydrogen-bond donors (Lipinski definition) is 1. The van der Waals surface area contributed by atoms with Crippen molar-refractivity contribution in [1.29, 1.82) is 0 Å². The second kappa shape index (κ2) is 6.36. The molecule has 1 atom stereocenters. The Morgan fingerprint density at radius 3 is 2.68 bits per heavy atom. The second-order valence-corrected chi connectivity index (χ2v) is 4.68. The summed E-state index contributed by atoms with van der Waals surface area (Å²) < 4.78 is 2.74. The predicted molar refractivity (Wildman–Crippen MR) is 68.1 cm³/mol. The maximum atomic E-state index is 12.2. The number of Topliss-reactive ketones (excluding diaryl/α,β-unsaturated/α-hetero) is 1. The van der Waals surface area contributed by atoms with Crippen LogP contribution in [-0.4, -0.2) is 15.6 Å². The van der Waals surface area contributed by atoms with E-state index in [9.17, 15) is 4.79 Å². The number of carbonyl (C=O) groups is 1. The average Bonchev–Trinajstić information content (AvgIpc) is 2.74. The van der Waals surface area contributed by atoms with E-state index in [0.29, 0.717) is 15.6 Å². The van der Waals surface area contributed by atoms with Gasteiger partial charge in [0.25, 0.3) is 6.33 Å². The molecule has 0 bridgehead atoms. The van der Waals surface area contributed by atoms with Crippen molar-refractivity contribution in [3.8, 4) is 0 Å². The van der Waals surface area contributed by atoms with E-state index in [4.69, 9.17) is 29.0 Å². The molecule has 2 rings (SSSR count). The van der Waals surface area contributed by atoms with Crippen LogP contribution in [0.3, 0.4) is 0 Å². The van der Waals surface area contributed by atoms with E-state index in [1.165, 1.54) is 28.1 Å². The fraction of sp³-hybridized carbons (Fsp3) is 0.182. The number of halogens is 3. The van der Waals surface area contributed by atoms with Crippen LogP contribution < -0.4 is 27.5 Å². The van der Waals surface area contributed by atoms with E-state index < -0.39 is 6.04 Å². The summed E-state index contributed by atoms with van der Waals surface area (Å²) in [4.78, 5) is 12.2. The molecule has 1 aromatic heterocycles. The van der Waals surface area contributed by atoms with Crippen molar-refractivity contribution in [2.75, 3.05) is 5.84 Å². The molecule has 0 saturated heterocycles. The number of ketones is 1. The average molecular weight is 366 g/mol. The van der Waals surface area contributed by atoms with Crippen molar-refractivity contribution in [1.82, 2.24) is 9.78 Å². The third-order valence-corrected chi connectivity index (χ3v) is 3.09. The molecule has 5 nitrogen and oxygen atoms in total. The van der Waals surface area contributed by atoms with Crippen molar-refractivity contribution >= 4 is 29.0 Å².